The second-order valence-corrected chi connectivity index (χ2v) is 4.65. The van der Waals surface area contributed by atoms with Crippen LogP contribution in [0.15, 0.2) is 38.0 Å². The molecular weight excluding hydrogens is 321 g/mol. The quantitative estimate of drug-likeness (QED) is 0.808. The standard InChI is InChI=1S/C11H10INO3/c12-9-6-4-8(5-7-9)2-1-3-10-13-16-11(14)15-10/h4-7H,1-3H2. The van der Waals surface area contributed by atoms with Gasteiger partial charge in [0.25, 0.3) is 0 Å². The van der Waals surface area contributed by atoms with Gasteiger partial charge in [-0.25, -0.2) is 4.79 Å². The number of hydrogen-bond acceptors (Lipinski definition) is 4. The van der Waals surface area contributed by atoms with Crippen molar-refractivity contribution < 1.29 is 8.94 Å². The molecule has 1 heterocycles. The van der Waals surface area contributed by atoms with Gasteiger partial charge in [-0.3, -0.25) is 4.52 Å². The Morgan fingerprint density at radius 2 is 1.94 bits per heavy atom. The van der Waals surface area contributed by atoms with E-state index in [4.69, 9.17) is 4.42 Å². The first-order valence-corrected chi connectivity index (χ1v) is 6.02. The number of rotatable bonds is 4. The van der Waals surface area contributed by atoms with Crippen LogP contribution in [0.3, 0.4) is 0 Å². The monoisotopic (exact) mass is 331 g/mol. The Kier molecular flexibility index (Phi) is 3.76. The molecule has 16 heavy (non-hydrogen) atoms. The Labute approximate surface area is 106 Å². The third-order valence-corrected chi connectivity index (χ3v) is 2.91. The summed E-state index contributed by atoms with van der Waals surface area (Å²) in [4.78, 5) is 10.6. The number of nitrogens with zero attached hydrogens (tertiary/aromatic N) is 1. The first-order chi connectivity index (χ1) is 7.74. The number of aromatic nitrogens is 1. The lowest BCUT2D eigenvalue weighted by Crippen LogP contribution is -1.91. The molecule has 0 spiro atoms. The molecule has 5 heteroatoms. The zero-order valence-corrected chi connectivity index (χ0v) is 10.6. The van der Waals surface area contributed by atoms with Crippen LogP contribution in [0.1, 0.15) is 17.9 Å². The fraction of sp³-hybridized carbons (Fsp3) is 0.273. The minimum Gasteiger partial charge on any atom is -0.375 e. The molecule has 0 aliphatic carbocycles. The van der Waals surface area contributed by atoms with Gasteiger partial charge >= 0.3 is 5.82 Å². The highest BCUT2D eigenvalue weighted by molar-refractivity contribution is 14.1. The maximum atomic E-state index is 10.6. The molecule has 0 saturated heterocycles. The molecule has 2 aromatic rings. The van der Waals surface area contributed by atoms with Crippen molar-refractivity contribution in [3.63, 3.8) is 0 Å². The number of hydrogen-bond donors (Lipinski definition) is 0. The molecule has 1 aromatic heterocycles. The average Bonchev–Trinajstić information content (AvgIpc) is 2.67. The number of aryl methyl sites for hydroxylation is 2. The second-order valence-electron chi connectivity index (χ2n) is 3.41. The molecule has 0 saturated carbocycles. The van der Waals surface area contributed by atoms with Crippen molar-refractivity contribution in [2.24, 2.45) is 0 Å². The van der Waals surface area contributed by atoms with Crippen molar-refractivity contribution >= 4 is 22.6 Å². The van der Waals surface area contributed by atoms with Gasteiger partial charge < -0.3 is 4.42 Å². The maximum Gasteiger partial charge on any atom is 0.542 e. The fourth-order valence-electron chi connectivity index (χ4n) is 1.41. The van der Waals surface area contributed by atoms with E-state index < -0.39 is 5.82 Å². The largest absolute Gasteiger partial charge is 0.542 e. The summed E-state index contributed by atoms with van der Waals surface area (Å²) < 4.78 is 10.2. The molecule has 2 rings (SSSR count). The fourth-order valence-corrected chi connectivity index (χ4v) is 1.77. The van der Waals surface area contributed by atoms with Crippen molar-refractivity contribution in [1.29, 1.82) is 0 Å². The molecule has 0 amide bonds. The maximum absolute atomic E-state index is 10.6. The van der Waals surface area contributed by atoms with E-state index in [9.17, 15) is 4.79 Å². The smallest absolute Gasteiger partial charge is 0.375 e. The predicted molar refractivity (Wildman–Crippen MR) is 66.2 cm³/mol. The van der Waals surface area contributed by atoms with Gasteiger partial charge in [0, 0.05) is 9.99 Å². The van der Waals surface area contributed by atoms with Crippen LogP contribution in [0.5, 0.6) is 0 Å². The van der Waals surface area contributed by atoms with Crippen LogP contribution in [-0.2, 0) is 12.8 Å². The lowest BCUT2D eigenvalue weighted by molar-refractivity contribution is 0.334. The van der Waals surface area contributed by atoms with E-state index in [1.54, 1.807) is 0 Å². The summed E-state index contributed by atoms with van der Waals surface area (Å²) in [5.41, 5.74) is 1.27. The summed E-state index contributed by atoms with van der Waals surface area (Å²) in [5.74, 6) is -0.361. The van der Waals surface area contributed by atoms with Crippen LogP contribution in [0.4, 0.5) is 0 Å². The average molecular weight is 331 g/mol. The molecular formula is C11H10INO3. The van der Waals surface area contributed by atoms with E-state index in [1.807, 2.05) is 0 Å². The number of benzene rings is 1. The second kappa shape index (κ2) is 5.29. The minimum absolute atomic E-state index is 0.371. The van der Waals surface area contributed by atoms with E-state index in [1.165, 1.54) is 9.13 Å². The van der Waals surface area contributed by atoms with Gasteiger partial charge in [0.1, 0.15) is 0 Å². The van der Waals surface area contributed by atoms with E-state index >= 15 is 0 Å². The van der Waals surface area contributed by atoms with Gasteiger partial charge in [-0.2, -0.15) is 0 Å². The number of halogens is 1. The van der Waals surface area contributed by atoms with Gasteiger partial charge in [0.2, 0.25) is 5.89 Å². The molecule has 0 radical (unpaired) electrons. The van der Waals surface area contributed by atoms with Gasteiger partial charge in [0.15, 0.2) is 0 Å². The van der Waals surface area contributed by atoms with Crippen molar-refractivity contribution in [3.05, 3.63) is 49.9 Å². The zero-order valence-electron chi connectivity index (χ0n) is 8.48. The Morgan fingerprint density at radius 3 is 2.56 bits per heavy atom. The molecule has 0 N–H and O–H groups in total. The van der Waals surface area contributed by atoms with Crippen LogP contribution in [-0.4, -0.2) is 5.16 Å². The topological polar surface area (TPSA) is 56.2 Å². The first-order valence-electron chi connectivity index (χ1n) is 4.94. The van der Waals surface area contributed by atoms with E-state index in [-0.39, 0.29) is 0 Å². The Hall–Kier alpha value is -1.11. The Bertz CT molecular complexity index is 500. The van der Waals surface area contributed by atoms with Crippen LogP contribution in [0.25, 0.3) is 0 Å². The molecule has 0 aliphatic heterocycles. The lowest BCUT2D eigenvalue weighted by Gasteiger charge is -1.99. The molecule has 1 aromatic carbocycles. The molecule has 0 unspecified atom stereocenters. The molecule has 0 bridgehead atoms. The van der Waals surface area contributed by atoms with Crippen LogP contribution >= 0.6 is 22.6 Å². The summed E-state index contributed by atoms with van der Waals surface area (Å²) in [6, 6.07) is 8.35. The van der Waals surface area contributed by atoms with Gasteiger partial charge in [-0.05, 0) is 58.3 Å². The van der Waals surface area contributed by atoms with Crippen molar-refractivity contribution in [2.45, 2.75) is 19.3 Å². The zero-order chi connectivity index (χ0) is 11.4. The molecule has 4 nitrogen and oxygen atoms in total. The van der Waals surface area contributed by atoms with E-state index in [2.05, 4.69) is 56.5 Å². The van der Waals surface area contributed by atoms with Crippen LogP contribution < -0.4 is 5.82 Å². The third-order valence-electron chi connectivity index (χ3n) is 2.19. The molecule has 84 valence electrons. The van der Waals surface area contributed by atoms with Crippen molar-refractivity contribution in [2.75, 3.05) is 0 Å². The summed E-state index contributed by atoms with van der Waals surface area (Å²) in [5, 5.41) is 3.51. The molecule has 0 aliphatic rings. The molecule has 0 fully saturated rings. The highest BCUT2D eigenvalue weighted by atomic mass is 127. The summed E-state index contributed by atoms with van der Waals surface area (Å²) in [6.07, 6.45) is 2.45. The van der Waals surface area contributed by atoms with Gasteiger partial charge in [-0.1, -0.05) is 12.1 Å². The first kappa shape index (κ1) is 11.4. The summed E-state index contributed by atoms with van der Waals surface area (Å²) >= 11 is 2.27. The molecule has 0 atom stereocenters. The highest BCUT2D eigenvalue weighted by Crippen LogP contribution is 2.09. The minimum atomic E-state index is -0.732. The van der Waals surface area contributed by atoms with Crippen LogP contribution in [0, 0.1) is 3.57 Å². The Balaban J connectivity index is 1.84. The van der Waals surface area contributed by atoms with Crippen molar-refractivity contribution in [1.82, 2.24) is 5.16 Å². The normalized spacial score (nSPS) is 10.6. The summed E-state index contributed by atoms with van der Waals surface area (Å²) in [6.45, 7) is 0. The lowest BCUT2D eigenvalue weighted by atomic mass is 10.1. The van der Waals surface area contributed by atoms with Gasteiger partial charge in [-0.15, -0.1) is 0 Å². The Morgan fingerprint density at radius 1 is 1.19 bits per heavy atom. The predicted octanol–water partition coefficient (Wildman–Crippen LogP) is 2.41. The SMILES string of the molecule is O=c1onc(CCCc2ccc(I)cc2)o1. The van der Waals surface area contributed by atoms with E-state index in [0.717, 1.165) is 12.8 Å². The summed E-state index contributed by atoms with van der Waals surface area (Å²) in [7, 11) is 0. The van der Waals surface area contributed by atoms with Crippen LogP contribution in [0.2, 0.25) is 0 Å². The highest BCUT2D eigenvalue weighted by Gasteiger charge is 2.03. The van der Waals surface area contributed by atoms with Gasteiger partial charge in [0.05, 0.1) is 0 Å². The van der Waals surface area contributed by atoms with E-state index in [0.29, 0.717) is 12.3 Å². The van der Waals surface area contributed by atoms with Crippen molar-refractivity contribution in [3.8, 4) is 0 Å². The third kappa shape index (κ3) is 3.19.